The van der Waals surface area contributed by atoms with E-state index >= 15 is 0 Å². The molecule has 0 saturated heterocycles. The van der Waals surface area contributed by atoms with Crippen LogP contribution in [0, 0.1) is 32.0 Å². The SMILES string of the molecule is CC(C)C/C(=C/c1cc([N+](=O)[O-])ccc1F)[N+](=O)[O-]. The predicted molar refractivity (Wildman–Crippen MR) is 67.5 cm³/mol. The zero-order valence-corrected chi connectivity index (χ0v) is 10.5. The second-order valence-corrected chi connectivity index (χ2v) is 4.45. The van der Waals surface area contributed by atoms with E-state index < -0.39 is 15.7 Å². The molecule has 0 aliphatic heterocycles. The van der Waals surface area contributed by atoms with Gasteiger partial charge in [-0.25, -0.2) is 4.39 Å². The van der Waals surface area contributed by atoms with Crippen LogP contribution in [0.15, 0.2) is 23.9 Å². The van der Waals surface area contributed by atoms with Crippen molar-refractivity contribution >= 4 is 11.8 Å². The average molecular weight is 268 g/mol. The van der Waals surface area contributed by atoms with E-state index in [4.69, 9.17) is 0 Å². The number of nitrogens with zero attached hydrogens (tertiary/aromatic N) is 2. The molecule has 0 heterocycles. The largest absolute Gasteiger partial charge is 0.270 e. The van der Waals surface area contributed by atoms with E-state index in [0.29, 0.717) is 0 Å². The number of allylic oxidation sites excluding steroid dienone is 1. The highest BCUT2D eigenvalue weighted by Gasteiger charge is 2.16. The molecule has 0 aliphatic rings. The summed E-state index contributed by atoms with van der Waals surface area (Å²) in [5.41, 5.74) is -0.629. The van der Waals surface area contributed by atoms with Gasteiger partial charge in [-0.15, -0.1) is 0 Å². The highest BCUT2D eigenvalue weighted by atomic mass is 19.1. The second kappa shape index (κ2) is 6.03. The topological polar surface area (TPSA) is 86.3 Å². The molecule has 0 fully saturated rings. The zero-order valence-electron chi connectivity index (χ0n) is 10.5. The Labute approximate surface area is 108 Å². The Morgan fingerprint density at radius 3 is 2.47 bits per heavy atom. The van der Waals surface area contributed by atoms with Gasteiger partial charge < -0.3 is 0 Å². The maximum Gasteiger partial charge on any atom is 0.270 e. The molecule has 0 aliphatic carbocycles. The average Bonchev–Trinajstić information content (AvgIpc) is 2.29. The lowest BCUT2D eigenvalue weighted by Crippen LogP contribution is -2.03. The smallest absolute Gasteiger partial charge is 0.259 e. The fourth-order valence-electron chi connectivity index (χ4n) is 1.54. The first-order valence-electron chi connectivity index (χ1n) is 5.60. The van der Waals surface area contributed by atoms with Crippen molar-refractivity contribution in [3.8, 4) is 0 Å². The lowest BCUT2D eigenvalue weighted by Gasteiger charge is -2.03. The first kappa shape index (κ1) is 14.7. The van der Waals surface area contributed by atoms with Crippen LogP contribution in [0.2, 0.25) is 0 Å². The summed E-state index contributed by atoms with van der Waals surface area (Å²) < 4.78 is 13.5. The molecule has 0 bridgehead atoms. The highest BCUT2D eigenvalue weighted by molar-refractivity contribution is 5.55. The molecule has 19 heavy (non-hydrogen) atoms. The van der Waals surface area contributed by atoms with Gasteiger partial charge in [0.05, 0.1) is 9.85 Å². The van der Waals surface area contributed by atoms with Crippen molar-refractivity contribution in [3.63, 3.8) is 0 Å². The van der Waals surface area contributed by atoms with Crippen molar-refractivity contribution in [1.82, 2.24) is 0 Å². The number of rotatable bonds is 5. The van der Waals surface area contributed by atoms with E-state index in [0.717, 1.165) is 24.3 Å². The van der Waals surface area contributed by atoms with Gasteiger partial charge in [0.1, 0.15) is 5.82 Å². The molecule has 0 radical (unpaired) electrons. The van der Waals surface area contributed by atoms with Crippen LogP contribution in [-0.4, -0.2) is 9.85 Å². The molecular weight excluding hydrogens is 255 g/mol. The molecule has 1 rings (SSSR count). The Balaban J connectivity index is 3.23. The number of hydrogen-bond acceptors (Lipinski definition) is 4. The highest BCUT2D eigenvalue weighted by Crippen LogP contribution is 2.21. The Morgan fingerprint density at radius 2 is 2.00 bits per heavy atom. The van der Waals surface area contributed by atoms with E-state index in [9.17, 15) is 24.6 Å². The van der Waals surface area contributed by atoms with Crippen molar-refractivity contribution in [2.75, 3.05) is 0 Å². The van der Waals surface area contributed by atoms with E-state index in [1.165, 1.54) is 0 Å². The predicted octanol–water partition coefficient (Wildman–Crippen LogP) is 3.40. The van der Waals surface area contributed by atoms with Gasteiger partial charge in [0.2, 0.25) is 5.70 Å². The van der Waals surface area contributed by atoms with Crippen molar-refractivity contribution in [2.24, 2.45) is 5.92 Å². The maximum absolute atomic E-state index is 13.5. The van der Waals surface area contributed by atoms with Crippen molar-refractivity contribution in [3.05, 3.63) is 55.5 Å². The molecule has 0 amide bonds. The van der Waals surface area contributed by atoms with Crippen LogP contribution < -0.4 is 0 Å². The van der Waals surface area contributed by atoms with Gasteiger partial charge in [-0.1, -0.05) is 13.8 Å². The van der Waals surface area contributed by atoms with Crippen LogP contribution in [0.3, 0.4) is 0 Å². The van der Waals surface area contributed by atoms with Crippen LogP contribution in [0.1, 0.15) is 25.8 Å². The normalized spacial score (nSPS) is 11.7. The van der Waals surface area contributed by atoms with Gasteiger partial charge in [-0.2, -0.15) is 0 Å². The van der Waals surface area contributed by atoms with Crippen LogP contribution in [-0.2, 0) is 0 Å². The van der Waals surface area contributed by atoms with Gasteiger partial charge >= 0.3 is 0 Å². The zero-order chi connectivity index (χ0) is 14.6. The van der Waals surface area contributed by atoms with Crippen LogP contribution >= 0.6 is 0 Å². The first-order valence-corrected chi connectivity index (χ1v) is 5.60. The third-order valence-corrected chi connectivity index (χ3v) is 2.36. The Bertz CT molecular complexity index is 541. The van der Waals surface area contributed by atoms with Crippen molar-refractivity contribution in [1.29, 1.82) is 0 Å². The van der Waals surface area contributed by atoms with Gasteiger partial charge in [0, 0.05) is 30.2 Å². The summed E-state index contributed by atoms with van der Waals surface area (Å²) in [6.07, 6.45) is 1.21. The standard InChI is InChI=1S/C12H13FN2O4/c1-8(2)5-11(15(18)19)7-9-6-10(14(16)17)3-4-12(9)13/h3-4,6-8H,5H2,1-2H3/b11-7-. The minimum atomic E-state index is -0.728. The first-order chi connectivity index (χ1) is 8.81. The van der Waals surface area contributed by atoms with Gasteiger partial charge in [0.15, 0.2) is 0 Å². The molecule has 0 saturated carbocycles. The number of nitro benzene ring substituents is 1. The molecule has 0 atom stereocenters. The Hall–Kier alpha value is -2.31. The van der Waals surface area contributed by atoms with Crippen molar-refractivity contribution < 1.29 is 14.2 Å². The van der Waals surface area contributed by atoms with Gasteiger partial charge in [-0.05, 0) is 12.0 Å². The Kier molecular flexibility index (Phi) is 4.68. The molecule has 1 aromatic rings. The fourth-order valence-corrected chi connectivity index (χ4v) is 1.54. The van der Waals surface area contributed by atoms with E-state index in [-0.39, 0.29) is 29.3 Å². The van der Waals surface area contributed by atoms with E-state index in [1.807, 2.05) is 0 Å². The molecular formula is C12H13FN2O4. The summed E-state index contributed by atoms with van der Waals surface area (Å²) in [6, 6.07) is 2.93. The summed E-state index contributed by atoms with van der Waals surface area (Å²) in [5, 5.41) is 21.4. The minimum absolute atomic E-state index is 0.0263. The molecule has 102 valence electrons. The summed E-state index contributed by atoms with van der Waals surface area (Å²) in [5.74, 6) is -0.702. The quantitative estimate of drug-likeness (QED) is 0.605. The number of non-ortho nitro benzene ring substituents is 1. The van der Waals surface area contributed by atoms with Gasteiger partial charge in [-0.3, -0.25) is 20.2 Å². The van der Waals surface area contributed by atoms with Crippen molar-refractivity contribution in [2.45, 2.75) is 20.3 Å². The molecule has 0 spiro atoms. The molecule has 7 heteroatoms. The van der Waals surface area contributed by atoms with Crippen LogP contribution in [0.25, 0.3) is 6.08 Å². The maximum atomic E-state index is 13.5. The molecule has 0 N–H and O–H groups in total. The minimum Gasteiger partial charge on any atom is -0.259 e. The van der Waals surface area contributed by atoms with Gasteiger partial charge in [0.25, 0.3) is 5.69 Å². The van der Waals surface area contributed by atoms with E-state index in [1.54, 1.807) is 13.8 Å². The molecule has 1 aromatic carbocycles. The number of hydrogen-bond donors (Lipinski definition) is 0. The van der Waals surface area contributed by atoms with E-state index in [2.05, 4.69) is 0 Å². The monoisotopic (exact) mass is 268 g/mol. The summed E-state index contributed by atoms with van der Waals surface area (Å²) >= 11 is 0. The number of halogens is 1. The summed E-state index contributed by atoms with van der Waals surface area (Å²) in [6.45, 7) is 3.59. The van der Waals surface area contributed by atoms with Crippen LogP contribution in [0.5, 0.6) is 0 Å². The third kappa shape index (κ3) is 4.13. The Morgan fingerprint density at radius 1 is 1.37 bits per heavy atom. The van der Waals surface area contributed by atoms with Crippen LogP contribution in [0.4, 0.5) is 10.1 Å². The molecule has 0 aromatic heterocycles. The lowest BCUT2D eigenvalue weighted by atomic mass is 10.1. The molecule has 0 unspecified atom stereocenters. The fraction of sp³-hybridized carbons (Fsp3) is 0.333. The second-order valence-electron chi connectivity index (χ2n) is 4.45. The number of benzene rings is 1. The summed E-state index contributed by atoms with van der Waals surface area (Å²) in [4.78, 5) is 20.2. The number of nitro groups is 2. The lowest BCUT2D eigenvalue weighted by molar-refractivity contribution is -0.427. The summed E-state index contributed by atoms with van der Waals surface area (Å²) in [7, 11) is 0. The molecule has 6 nitrogen and oxygen atoms in total. The third-order valence-electron chi connectivity index (χ3n) is 2.36.